The van der Waals surface area contributed by atoms with Crippen molar-refractivity contribution in [3.05, 3.63) is 76.4 Å². The number of carbonyl (C=O) groups is 1. The molecular formula is C22H25FN2O3S. The second-order valence-corrected chi connectivity index (χ2v) is 9.05. The average Bonchev–Trinajstić information content (AvgIpc) is 2.74. The van der Waals surface area contributed by atoms with Crippen LogP contribution in [0.4, 0.5) is 4.39 Å². The van der Waals surface area contributed by atoms with E-state index in [0.717, 1.165) is 11.1 Å². The average molecular weight is 417 g/mol. The van der Waals surface area contributed by atoms with E-state index in [4.69, 9.17) is 0 Å². The minimum absolute atomic E-state index is 0.0937. The Kier molecular flexibility index (Phi) is 6.82. The lowest BCUT2D eigenvalue weighted by atomic mass is 9.97. The number of piperidine rings is 1. The number of benzene rings is 2. The lowest BCUT2D eigenvalue weighted by Gasteiger charge is -2.29. The summed E-state index contributed by atoms with van der Waals surface area (Å²) in [6.45, 7) is 2.64. The maximum absolute atomic E-state index is 13.3. The first-order valence-corrected chi connectivity index (χ1v) is 11.1. The largest absolute Gasteiger partial charge is 0.352 e. The molecule has 1 heterocycles. The predicted molar refractivity (Wildman–Crippen MR) is 112 cm³/mol. The molecule has 3 rings (SSSR count). The Morgan fingerprint density at radius 2 is 1.86 bits per heavy atom. The summed E-state index contributed by atoms with van der Waals surface area (Å²) >= 11 is 0. The molecule has 29 heavy (non-hydrogen) atoms. The Morgan fingerprint density at radius 1 is 1.17 bits per heavy atom. The summed E-state index contributed by atoms with van der Waals surface area (Å²) in [5, 5.41) is 4.09. The number of aryl methyl sites for hydroxylation is 1. The number of rotatable bonds is 6. The molecule has 1 aliphatic heterocycles. The number of sulfonamides is 1. The Balaban J connectivity index is 1.50. The van der Waals surface area contributed by atoms with E-state index in [1.54, 1.807) is 25.1 Å². The van der Waals surface area contributed by atoms with Gasteiger partial charge < -0.3 is 5.32 Å². The molecule has 0 unspecified atom stereocenters. The molecule has 1 amide bonds. The normalized spacial score (nSPS) is 16.2. The summed E-state index contributed by atoms with van der Waals surface area (Å²) in [5.74, 6) is -0.583. The molecule has 0 atom stereocenters. The Bertz CT molecular complexity index is 982. The molecule has 0 aliphatic carbocycles. The zero-order chi connectivity index (χ0) is 20.9. The topological polar surface area (TPSA) is 66.5 Å². The minimum atomic E-state index is -3.51. The summed E-state index contributed by atoms with van der Waals surface area (Å²) in [7, 11) is -3.51. The molecule has 0 aromatic heterocycles. The van der Waals surface area contributed by atoms with Gasteiger partial charge in [-0.25, -0.2) is 12.8 Å². The molecule has 7 heteroatoms. The van der Waals surface area contributed by atoms with Crippen LogP contribution in [0.25, 0.3) is 6.08 Å². The molecule has 1 N–H and O–H groups in total. The smallest absolute Gasteiger partial charge is 0.236 e. The first kappa shape index (κ1) is 21.2. The fourth-order valence-corrected chi connectivity index (χ4v) is 4.56. The highest BCUT2D eigenvalue weighted by Gasteiger charge is 2.29. The van der Waals surface area contributed by atoms with E-state index in [9.17, 15) is 17.6 Å². The summed E-state index contributed by atoms with van der Waals surface area (Å²) in [6.07, 6.45) is 2.54. The van der Waals surface area contributed by atoms with Crippen LogP contribution in [-0.4, -0.2) is 31.7 Å². The molecule has 0 saturated carbocycles. The van der Waals surface area contributed by atoms with Gasteiger partial charge in [-0.15, -0.1) is 0 Å². The second kappa shape index (κ2) is 9.33. The lowest BCUT2D eigenvalue weighted by molar-refractivity contribution is -0.126. The van der Waals surface area contributed by atoms with Crippen LogP contribution in [0.5, 0.6) is 0 Å². The fraction of sp³-hybridized carbons (Fsp3) is 0.318. The number of hydrogen-bond donors (Lipinski definition) is 1. The van der Waals surface area contributed by atoms with Gasteiger partial charge in [0.15, 0.2) is 0 Å². The summed E-state index contributed by atoms with van der Waals surface area (Å²) in [4.78, 5) is 12.4. The van der Waals surface area contributed by atoms with Crippen molar-refractivity contribution < 1.29 is 17.6 Å². The Hall–Kier alpha value is -2.51. The van der Waals surface area contributed by atoms with Crippen LogP contribution >= 0.6 is 0 Å². The van der Waals surface area contributed by atoms with Crippen molar-refractivity contribution in [1.29, 1.82) is 0 Å². The van der Waals surface area contributed by atoms with E-state index >= 15 is 0 Å². The SMILES string of the molecule is Cc1cc(CNC(=O)C2CCN(S(=O)(=O)C=Cc3ccccc3)CC2)ccc1F. The highest BCUT2D eigenvalue weighted by atomic mass is 32.2. The highest BCUT2D eigenvalue weighted by molar-refractivity contribution is 7.92. The van der Waals surface area contributed by atoms with Crippen molar-refractivity contribution in [2.45, 2.75) is 26.3 Å². The molecule has 1 fully saturated rings. The third kappa shape index (κ3) is 5.74. The molecule has 0 radical (unpaired) electrons. The minimum Gasteiger partial charge on any atom is -0.352 e. The van der Waals surface area contributed by atoms with Gasteiger partial charge in [0.25, 0.3) is 0 Å². The van der Waals surface area contributed by atoms with Gasteiger partial charge in [-0.1, -0.05) is 42.5 Å². The van der Waals surface area contributed by atoms with Crippen molar-refractivity contribution in [3.63, 3.8) is 0 Å². The van der Waals surface area contributed by atoms with Crippen LogP contribution in [0.2, 0.25) is 0 Å². The van der Waals surface area contributed by atoms with Crippen molar-refractivity contribution in [2.24, 2.45) is 5.92 Å². The highest BCUT2D eigenvalue weighted by Crippen LogP contribution is 2.21. The molecule has 0 spiro atoms. The zero-order valence-electron chi connectivity index (χ0n) is 16.3. The quantitative estimate of drug-likeness (QED) is 0.784. The first-order valence-electron chi connectivity index (χ1n) is 9.61. The van der Waals surface area contributed by atoms with E-state index in [0.29, 0.717) is 38.0 Å². The monoisotopic (exact) mass is 416 g/mol. The van der Waals surface area contributed by atoms with Crippen LogP contribution in [-0.2, 0) is 21.4 Å². The number of nitrogens with one attached hydrogen (secondary N) is 1. The van der Waals surface area contributed by atoms with Crippen LogP contribution in [0.15, 0.2) is 53.9 Å². The number of nitrogens with zero attached hydrogens (tertiary/aromatic N) is 1. The standard InChI is InChI=1S/C22H25FN2O3S/c1-17-15-19(7-8-21(17)23)16-24-22(26)20-9-12-25(13-10-20)29(27,28)14-11-18-5-3-2-4-6-18/h2-8,11,14-15,20H,9-10,12-13,16H2,1H3,(H,24,26). The second-order valence-electron chi connectivity index (χ2n) is 7.23. The van der Waals surface area contributed by atoms with Crippen LogP contribution in [0.3, 0.4) is 0 Å². The van der Waals surface area contributed by atoms with Gasteiger partial charge in [0.1, 0.15) is 5.82 Å². The predicted octanol–water partition coefficient (Wildman–Crippen LogP) is 3.46. The Labute approximate surface area is 171 Å². The van der Waals surface area contributed by atoms with Crippen LogP contribution < -0.4 is 5.32 Å². The van der Waals surface area contributed by atoms with Crippen molar-refractivity contribution >= 4 is 22.0 Å². The van der Waals surface area contributed by atoms with Gasteiger partial charge in [-0.3, -0.25) is 4.79 Å². The van der Waals surface area contributed by atoms with Gasteiger partial charge in [0.2, 0.25) is 15.9 Å². The molecule has 2 aromatic carbocycles. The van der Waals surface area contributed by atoms with E-state index in [1.807, 2.05) is 30.3 Å². The van der Waals surface area contributed by atoms with E-state index in [2.05, 4.69) is 5.32 Å². The molecule has 2 aromatic rings. The molecule has 154 valence electrons. The van der Waals surface area contributed by atoms with Crippen molar-refractivity contribution in [3.8, 4) is 0 Å². The molecule has 5 nitrogen and oxygen atoms in total. The molecule has 1 aliphatic rings. The third-order valence-corrected chi connectivity index (χ3v) is 6.67. The maximum Gasteiger partial charge on any atom is 0.236 e. The lowest BCUT2D eigenvalue weighted by Crippen LogP contribution is -2.42. The van der Waals surface area contributed by atoms with Gasteiger partial charge >= 0.3 is 0 Å². The summed E-state index contributed by atoms with van der Waals surface area (Å²) in [5.41, 5.74) is 2.20. The van der Waals surface area contributed by atoms with Crippen LogP contribution in [0.1, 0.15) is 29.5 Å². The summed E-state index contributed by atoms with van der Waals surface area (Å²) in [6, 6.07) is 14.0. The molecule has 1 saturated heterocycles. The number of halogens is 1. The van der Waals surface area contributed by atoms with Crippen LogP contribution in [0, 0.1) is 18.7 Å². The van der Waals surface area contributed by atoms with Gasteiger partial charge in [-0.2, -0.15) is 4.31 Å². The first-order chi connectivity index (χ1) is 13.8. The zero-order valence-corrected chi connectivity index (χ0v) is 17.2. The molecular weight excluding hydrogens is 391 g/mol. The van der Waals surface area contributed by atoms with E-state index in [1.165, 1.54) is 15.8 Å². The van der Waals surface area contributed by atoms with Crippen molar-refractivity contribution in [2.75, 3.05) is 13.1 Å². The maximum atomic E-state index is 13.3. The Morgan fingerprint density at radius 3 is 2.52 bits per heavy atom. The van der Waals surface area contributed by atoms with Gasteiger partial charge in [-0.05, 0) is 48.6 Å². The van der Waals surface area contributed by atoms with E-state index in [-0.39, 0.29) is 17.6 Å². The molecule has 0 bridgehead atoms. The number of carbonyl (C=O) groups excluding carboxylic acids is 1. The van der Waals surface area contributed by atoms with Gasteiger partial charge in [0.05, 0.1) is 0 Å². The van der Waals surface area contributed by atoms with Crippen molar-refractivity contribution in [1.82, 2.24) is 9.62 Å². The third-order valence-electron chi connectivity index (χ3n) is 5.11. The fourth-order valence-electron chi connectivity index (χ4n) is 3.34. The van der Waals surface area contributed by atoms with E-state index < -0.39 is 10.0 Å². The summed E-state index contributed by atoms with van der Waals surface area (Å²) < 4.78 is 39.8. The number of hydrogen-bond acceptors (Lipinski definition) is 3. The van der Waals surface area contributed by atoms with Gasteiger partial charge in [0, 0.05) is 31.0 Å². The number of amides is 1.